The number of aryl methyl sites for hydroxylation is 1. The molecule has 2 rings (SSSR count). The number of halogens is 2. The van der Waals surface area contributed by atoms with Gasteiger partial charge in [0.2, 0.25) is 0 Å². The summed E-state index contributed by atoms with van der Waals surface area (Å²) in [4.78, 5) is 0.0460. The van der Waals surface area contributed by atoms with Gasteiger partial charge in [-0.15, -0.1) is 0 Å². The van der Waals surface area contributed by atoms with Gasteiger partial charge in [-0.3, -0.25) is 0 Å². The Morgan fingerprint density at radius 3 is 2.40 bits per heavy atom. The van der Waals surface area contributed by atoms with Crippen molar-refractivity contribution in [3.05, 3.63) is 22.2 Å². The zero-order valence-corrected chi connectivity index (χ0v) is 14.7. The van der Waals surface area contributed by atoms with E-state index in [1.807, 2.05) is 13.0 Å². The van der Waals surface area contributed by atoms with E-state index >= 15 is 0 Å². The van der Waals surface area contributed by atoms with E-state index in [-0.39, 0.29) is 11.0 Å². The number of hydrogen-bond donors (Lipinski definition) is 0. The summed E-state index contributed by atoms with van der Waals surface area (Å²) in [7, 11) is 1.70. The maximum absolute atomic E-state index is 11.7. The first-order chi connectivity index (χ1) is 9.27. The van der Waals surface area contributed by atoms with Gasteiger partial charge in [0.25, 0.3) is 9.05 Å². The van der Waals surface area contributed by atoms with E-state index < -0.39 is 9.05 Å². The molecule has 0 aromatic heterocycles. The van der Waals surface area contributed by atoms with Crippen molar-refractivity contribution in [2.75, 3.05) is 0 Å². The molecule has 1 saturated carbocycles. The molecule has 112 valence electrons. The first kappa shape index (κ1) is 16.1. The van der Waals surface area contributed by atoms with Crippen molar-refractivity contribution in [1.82, 2.24) is 0 Å². The summed E-state index contributed by atoms with van der Waals surface area (Å²) in [6, 6.07) is 3.34. The molecule has 0 radical (unpaired) electrons. The Bertz CT molecular complexity index is 593. The zero-order chi connectivity index (χ0) is 14.9. The highest BCUT2D eigenvalue weighted by Crippen LogP contribution is 2.36. The third kappa shape index (κ3) is 3.89. The van der Waals surface area contributed by atoms with Gasteiger partial charge >= 0.3 is 0 Å². The molecule has 20 heavy (non-hydrogen) atoms. The minimum atomic E-state index is -3.82. The van der Waals surface area contributed by atoms with Crippen LogP contribution in [-0.2, 0) is 9.05 Å². The lowest BCUT2D eigenvalue weighted by Gasteiger charge is -2.28. The molecule has 1 aliphatic carbocycles. The Kier molecular flexibility index (Phi) is 5.03. The molecule has 0 heterocycles. The molecule has 1 aromatic rings. The average Bonchev–Trinajstić information content (AvgIpc) is 2.33. The van der Waals surface area contributed by atoms with Gasteiger partial charge in [0.05, 0.1) is 6.10 Å². The second kappa shape index (κ2) is 6.24. The van der Waals surface area contributed by atoms with Gasteiger partial charge in [-0.05, 0) is 56.2 Å². The van der Waals surface area contributed by atoms with E-state index in [0.717, 1.165) is 37.2 Å². The fourth-order valence-electron chi connectivity index (χ4n) is 2.55. The van der Waals surface area contributed by atoms with Gasteiger partial charge in [-0.2, -0.15) is 0 Å². The Labute approximate surface area is 133 Å². The second-order valence-electron chi connectivity index (χ2n) is 5.49. The van der Waals surface area contributed by atoms with Gasteiger partial charge < -0.3 is 4.74 Å². The highest BCUT2D eigenvalue weighted by molar-refractivity contribution is 9.10. The molecule has 0 bridgehead atoms. The zero-order valence-electron chi connectivity index (χ0n) is 11.5. The van der Waals surface area contributed by atoms with Crippen LogP contribution in [0.25, 0.3) is 0 Å². The minimum absolute atomic E-state index is 0.0460. The molecule has 1 aliphatic rings. The molecule has 1 fully saturated rings. The maximum atomic E-state index is 11.7. The highest BCUT2D eigenvalue weighted by atomic mass is 79.9. The molecular weight excluding hydrogens is 364 g/mol. The first-order valence-corrected chi connectivity index (χ1v) is 9.79. The normalized spacial score (nSPS) is 23.6. The van der Waals surface area contributed by atoms with Crippen LogP contribution in [0, 0.1) is 12.8 Å². The molecule has 0 saturated heterocycles. The maximum Gasteiger partial charge on any atom is 0.265 e. The Morgan fingerprint density at radius 1 is 1.25 bits per heavy atom. The SMILES string of the molecule is Cc1cc(Br)cc(S(=O)(=O)Cl)c1OC1CCC(C)CC1. The van der Waals surface area contributed by atoms with Gasteiger partial charge in [0.15, 0.2) is 0 Å². The number of ether oxygens (including phenoxy) is 1. The third-order valence-corrected chi connectivity index (χ3v) is 5.50. The predicted molar refractivity (Wildman–Crippen MR) is 84.0 cm³/mol. The summed E-state index contributed by atoms with van der Waals surface area (Å²) in [5.74, 6) is 1.11. The summed E-state index contributed by atoms with van der Waals surface area (Å²) < 4.78 is 30.1. The Hall–Kier alpha value is -0.260. The fourth-order valence-corrected chi connectivity index (χ4v) is 4.31. The van der Waals surface area contributed by atoms with E-state index in [1.54, 1.807) is 0 Å². The largest absolute Gasteiger partial charge is 0.489 e. The molecule has 1 aromatic carbocycles. The van der Waals surface area contributed by atoms with E-state index in [1.165, 1.54) is 6.07 Å². The van der Waals surface area contributed by atoms with E-state index in [9.17, 15) is 8.42 Å². The van der Waals surface area contributed by atoms with Gasteiger partial charge in [-0.25, -0.2) is 8.42 Å². The van der Waals surface area contributed by atoms with Crippen LogP contribution in [0.1, 0.15) is 38.2 Å². The van der Waals surface area contributed by atoms with Crippen LogP contribution in [0.4, 0.5) is 0 Å². The monoisotopic (exact) mass is 380 g/mol. The van der Waals surface area contributed by atoms with E-state index in [2.05, 4.69) is 22.9 Å². The molecule has 0 unspecified atom stereocenters. The number of benzene rings is 1. The van der Waals surface area contributed by atoms with Crippen molar-refractivity contribution in [2.24, 2.45) is 5.92 Å². The number of hydrogen-bond acceptors (Lipinski definition) is 3. The third-order valence-electron chi connectivity index (χ3n) is 3.72. The summed E-state index contributed by atoms with van der Waals surface area (Å²) in [6.45, 7) is 4.06. The van der Waals surface area contributed by atoms with Gasteiger partial charge in [0.1, 0.15) is 10.6 Å². The molecule has 3 nitrogen and oxygen atoms in total. The fraction of sp³-hybridized carbons (Fsp3) is 0.571. The molecule has 0 atom stereocenters. The highest BCUT2D eigenvalue weighted by Gasteiger charge is 2.25. The first-order valence-electron chi connectivity index (χ1n) is 6.69. The molecule has 0 aliphatic heterocycles. The topological polar surface area (TPSA) is 43.4 Å². The van der Waals surface area contributed by atoms with Crippen LogP contribution >= 0.6 is 26.6 Å². The van der Waals surface area contributed by atoms with Crippen LogP contribution < -0.4 is 4.74 Å². The molecule has 0 amide bonds. The lowest BCUT2D eigenvalue weighted by molar-refractivity contribution is 0.131. The average molecular weight is 382 g/mol. The second-order valence-corrected chi connectivity index (χ2v) is 8.94. The summed E-state index contributed by atoms with van der Waals surface area (Å²) in [6.07, 6.45) is 4.21. The lowest BCUT2D eigenvalue weighted by Crippen LogP contribution is -2.24. The van der Waals surface area contributed by atoms with E-state index in [4.69, 9.17) is 15.4 Å². The van der Waals surface area contributed by atoms with Gasteiger partial charge in [0, 0.05) is 15.2 Å². The number of rotatable bonds is 3. The minimum Gasteiger partial charge on any atom is -0.489 e. The van der Waals surface area contributed by atoms with Crippen LogP contribution in [0.2, 0.25) is 0 Å². The summed E-state index contributed by atoms with van der Waals surface area (Å²) in [5.41, 5.74) is 0.775. The van der Waals surface area contributed by atoms with Crippen molar-refractivity contribution < 1.29 is 13.2 Å². The lowest BCUT2D eigenvalue weighted by atomic mass is 9.89. The van der Waals surface area contributed by atoms with E-state index in [0.29, 0.717) is 10.2 Å². The molecule has 6 heteroatoms. The molecule has 0 N–H and O–H groups in total. The van der Waals surface area contributed by atoms with Gasteiger partial charge in [-0.1, -0.05) is 22.9 Å². The van der Waals surface area contributed by atoms with Crippen molar-refractivity contribution in [3.63, 3.8) is 0 Å². The smallest absolute Gasteiger partial charge is 0.265 e. The van der Waals surface area contributed by atoms with Crippen molar-refractivity contribution in [2.45, 2.75) is 50.5 Å². The predicted octanol–water partition coefficient (Wildman–Crippen LogP) is 4.64. The molecule has 0 spiro atoms. The van der Waals surface area contributed by atoms with Crippen LogP contribution in [0.15, 0.2) is 21.5 Å². The van der Waals surface area contributed by atoms with Crippen molar-refractivity contribution >= 4 is 35.7 Å². The van der Waals surface area contributed by atoms with Crippen LogP contribution in [0.3, 0.4) is 0 Å². The summed E-state index contributed by atoms with van der Waals surface area (Å²) in [5, 5.41) is 0. The Balaban J connectivity index is 2.31. The van der Waals surface area contributed by atoms with Crippen LogP contribution in [-0.4, -0.2) is 14.5 Å². The van der Waals surface area contributed by atoms with Crippen LogP contribution in [0.5, 0.6) is 5.75 Å². The summed E-state index contributed by atoms with van der Waals surface area (Å²) >= 11 is 3.29. The quantitative estimate of drug-likeness (QED) is 0.716. The van der Waals surface area contributed by atoms with Crippen molar-refractivity contribution in [3.8, 4) is 5.75 Å². The Morgan fingerprint density at radius 2 is 1.85 bits per heavy atom. The van der Waals surface area contributed by atoms with Crippen molar-refractivity contribution in [1.29, 1.82) is 0 Å². The standard InChI is InChI=1S/C14H18BrClO3S/c1-9-3-5-12(6-4-9)19-14-10(2)7-11(15)8-13(14)20(16,17)18/h7-9,12H,3-6H2,1-2H3. The molecular formula is C14H18BrClO3S.